The normalized spacial score (nSPS) is 18.0. The van der Waals surface area contributed by atoms with Crippen LogP contribution < -0.4 is 4.74 Å². The van der Waals surface area contributed by atoms with Crippen molar-refractivity contribution in [1.82, 2.24) is 9.80 Å². The van der Waals surface area contributed by atoms with Crippen LogP contribution in [0.2, 0.25) is 0 Å². The summed E-state index contributed by atoms with van der Waals surface area (Å²) in [6.45, 7) is 16.2. The maximum atomic E-state index is 10.1. The number of aliphatic hydroxyl groups excluding tert-OH is 1. The average molecular weight is 365 g/mol. The highest BCUT2D eigenvalue weighted by molar-refractivity contribution is 5.31. The number of hydrogen-bond donors (Lipinski definition) is 1. The topological polar surface area (TPSA) is 45.2 Å². The molecular weight excluding hydrogens is 328 g/mol. The molecule has 1 atom stereocenters. The van der Waals surface area contributed by atoms with E-state index in [2.05, 4.69) is 49.6 Å². The SMILES string of the molecule is CCN1CCN(CC(O)COCCOc2ccc(C(C)(C)C)cc2)CC1. The van der Waals surface area contributed by atoms with Gasteiger partial charge in [-0.15, -0.1) is 0 Å². The van der Waals surface area contributed by atoms with Crippen molar-refractivity contribution in [3.05, 3.63) is 29.8 Å². The van der Waals surface area contributed by atoms with Crippen molar-refractivity contribution in [1.29, 1.82) is 0 Å². The van der Waals surface area contributed by atoms with E-state index < -0.39 is 6.10 Å². The van der Waals surface area contributed by atoms with Crippen LogP contribution in [0.1, 0.15) is 33.3 Å². The molecule has 0 aliphatic carbocycles. The van der Waals surface area contributed by atoms with Gasteiger partial charge in [0.05, 0.1) is 19.3 Å². The van der Waals surface area contributed by atoms with Gasteiger partial charge in [0, 0.05) is 32.7 Å². The summed E-state index contributed by atoms with van der Waals surface area (Å²) >= 11 is 0. The van der Waals surface area contributed by atoms with Crippen molar-refractivity contribution in [3.63, 3.8) is 0 Å². The Hall–Kier alpha value is -1.14. The fraction of sp³-hybridized carbons (Fsp3) is 0.714. The molecular formula is C21H36N2O3. The molecule has 1 saturated heterocycles. The Morgan fingerprint density at radius 2 is 1.62 bits per heavy atom. The molecule has 0 aromatic heterocycles. The lowest BCUT2D eigenvalue weighted by molar-refractivity contribution is 0.000390. The van der Waals surface area contributed by atoms with E-state index in [-0.39, 0.29) is 5.41 Å². The van der Waals surface area contributed by atoms with E-state index in [1.807, 2.05) is 12.1 Å². The van der Waals surface area contributed by atoms with Crippen molar-refractivity contribution in [2.75, 3.05) is 59.1 Å². The van der Waals surface area contributed by atoms with E-state index >= 15 is 0 Å². The summed E-state index contributed by atoms with van der Waals surface area (Å²) in [5.74, 6) is 0.857. The summed E-state index contributed by atoms with van der Waals surface area (Å²) in [5.41, 5.74) is 1.45. The van der Waals surface area contributed by atoms with Gasteiger partial charge in [0.1, 0.15) is 12.4 Å². The second kappa shape index (κ2) is 10.3. The number of nitrogens with zero attached hydrogens (tertiary/aromatic N) is 2. The number of rotatable bonds is 9. The first-order chi connectivity index (χ1) is 12.4. The van der Waals surface area contributed by atoms with Crippen LogP contribution in [0.4, 0.5) is 0 Å². The molecule has 0 radical (unpaired) electrons. The Balaban J connectivity index is 1.56. The van der Waals surface area contributed by atoms with Crippen LogP contribution in [0.3, 0.4) is 0 Å². The predicted octanol–water partition coefficient (Wildman–Crippen LogP) is 2.38. The van der Waals surface area contributed by atoms with Gasteiger partial charge in [-0.3, -0.25) is 4.90 Å². The molecule has 1 N–H and O–H groups in total. The minimum absolute atomic E-state index is 0.154. The van der Waals surface area contributed by atoms with E-state index in [0.29, 0.717) is 26.4 Å². The Kier molecular flexibility index (Phi) is 8.35. The van der Waals surface area contributed by atoms with Crippen molar-refractivity contribution in [2.45, 2.75) is 39.2 Å². The van der Waals surface area contributed by atoms with Gasteiger partial charge < -0.3 is 19.5 Å². The highest BCUT2D eigenvalue weighted by Gasteiger charge is 2.18. The van der Waals surface area contributed by atoms with Crippen molar-refractivity contribution in [2.24, 2.45) is 0 Å². The third-order valence-corrected chi connectivity index (χ3v) is 4.91. The zero-order valence-corrected chi connectivity index (χ0v) is 16.9. The molecule has 1 aliphatic rings. The Labute approximate surface area is 158 Å². The molecule has 1 unspecified atom stereocenters. The molecule has 1 heterocycles. The van der Waals surface area contributed by atoms with Crippen LogP contribution in [0.5, 0.6) is 5.75 Å². The molecule has 26 heavy (non-hydrogen) atoms. The lowest BCUT2D eigenvalue weighted by Crippen LogP contribution is -2.48. The number of hydrogen-bond acceptors (Lipinski definition) is 5. The molecule has 0 amide bonds. The van der Waals surface area contributed by atoms with Crippen LogP contribution in [-0.4, -0.2) is 80.1 Å². The Morgan fingerprint density at radius 1 is 1.00 bits per heavy atom. The van der Waals surface area contributed by atoms with Gasteiger partial charge in [-0.2, -0.15) is 0 Å². The maximum Gasteiger partial charge on any atom is 0.119 e. The molecule has 0 bridgehead atoms. The lowest BCUT2D eigenvalue weighted by Gasteiger charge is -2.34. The van der Waals surface area contributed by atoms with Crippen LogP contribution in [-0.2, 0) is 10.2 Å². The summed E-state index contributed by atoms with van der Waals surface area (Å²) in [6, 6.07) is 8.23. The summed E-state index contributed by atoms with van der Waals surface area (Å²) in [5, 5.41) is 10.1. The number of benzene rings is 1. The van der Waals surface area contributed by atoms with Crippen molar-refractivity contribution in [3.8, 4) is 5.75 Å². The quantitative estimate of drug-likeness (QED) is 0.682. The highest BCUT2D eigenvalue weighted by Crippen LogP contribution is 2.24. The molecule has 1 fully saturated rings. The van der Waals surface area contributed by atoms with Gasteiger partial charge in [-0.25, -0.2) is 0 Å². The van der Waals surface area contributed by atoms with Gasteiger partial charge in [0.25, 0.3) is 0 Å². The molecule has 148 valence electrons. The second-order valence-corrected chi connectivity index (χ2v) is 8.09. The maximum absolute atomic E-state index is 10.1. The zero-order chi connectivity index (χ0) is 19.0. The van der Waals surface area contributed by atoms with Crippen molar-refractivity contribution < 1.29 is 14.6 Å². The van der Waals surface area contributed by atoms with Crippen LogP contribution in [0.15, 0.2) is 24.3 Å². The lowest BCUT2D eigenvalue weighted by atomic mass is 9.87. The molecule has 1 aromatic carbocycles. The van der Waals surface area contributed by atoms with E-state index in [0.717, 1.165) is 38.5 Å². The van der Waals surface area contributed by atoms with Gasteiger partial charge in [0.15, 0.2) is 0 Å². The van der Waals surface area contributed by atoms with E-state index in [1.54, 1.807) is 0 Å². The number of piperazine rings is 1. The predicted molar refractivity (Wildman–Crippen MR) is 106 cm³/mol. The molecule has 2 rings (SSSR count). The van der Waals surface area contributed by atoms with Gasteiger partial charge >= 0.3 is 0 Å². The fourth-order valence-corrected chi connectivity index (χ4v) is 3.13. The number of aliphatic hydroxyl groups is 1. The van der Waals surface area contributed by atoms with Gasteiger partial charge in [-0.05, 0) is 29.7 Å². The van der Waals surface area contributed by atoms with Crippen LogP contribution >= 0.6 is 0 Å². The zero-order valence-electron chi connectivity index (χ0n) is 16.9. The van der Waals surface area contributed by atoms with Crippen molar-refractivity contribution >= 4 is 0 Å². The minimum Gasteiger partial charge on any atom is -0.491 e. The largest absolute Gasteiger partial charge is 0.491 e. The smallest absolute Gasteiger partial charge is 0.119 e. The fourth-order valence-electron chi connectivity index (χ4n) is 3.13. The third kappa shape index (κ3) is 7.23. The average Bonchev–Trinajstić information content (AvgIpc) is 2.62. The van der Waals surface area contributed by atoms with E-state index in [4.69, 9.17) is 9.47 Å². The van der Waals surface area contributed by atoms with Crippen LogP contribution in [0.25, 0.3) is 0 Å². The van der Waals surface area contributed by atoms with Gasteiger partial charge in [0.2, 0.25) is 0 Å². The molecule has 5 heteroatoms. The van der Waals surface area contributed by atoms with E-state index in [9.17, 15) is 5.11 Å². The molecule has 0 saturated carbocycles. The Bertz CT molecular complexity index is 505. The molecule has 5 nitrogen and oxygen atoms in total. The van der Waals surface area contributed by atoms with Crippen LogP contribution in [0, 0.1) is 0 Å². The molecule has 1 aliphatic heterocycles. The first-order valence-corrected chi connectivity index (χ1v) is 9.82. The second-order valence-electron chi connectivity index (χ2n) is 8.09. The third-order valence-electron chi connectivity index (χ3n) is 4.91. The number of ether oxygens (including phenoxy) is 2. The summed E-state index contributed by atoms with van der Waals surface area (Å²) in [4.78, 5) is 4.75. The number of β-amino-alcohol motifs (C(OH)–C–C–N with tert-alkyl or cyclic N) is 1. The molecule has 0 spiro atoms. The number of likely N-dealkylation sites (N-methyl/N-ethyl adjacent to an activating group) is 1. The summed E-state index contributed by atoms with van der Waals surface area (Å²) < 4.78 is 11.3. The first-order valence-electron chi connectivity index (χ1n) is 9.82. The minimum atomic E-state index is -0.436. The standard InChI is InChI=1S/C21H36N2O3/c1-5-22-10-12-23(13-11-22)16-19(24)17-25-14-15-26-20-8-6-18(7-9-20)21(2,3)4/h6-9,19,24H,5,10-17H2,1-4H3. The van der Waals surface area contributed by atoms with Gasteiger partial charge in [-0.1, -0.05) is 39.8 Å². The Morgan fingerprint density at radius 3 is 2.19 bits per heavy atom. The molecule has 1 aromatic rings. The monoisotopic (exact) mass is 364 g/mol. The van der Waals surface area contributed by atoms with E-state index in [1.165, 1.54) is 5.56 Å². The summed E-state index contributed by atoms with van der Waals surface area (Å²) in [6.07, 6.45) is -0.436. The summed E-state index contributed by atoms with van der Waals surface area (Å²) in [7, 11) is 0. The first kappa shape index (κ1) is 21.2. The highest BCUT2D eigenvalue weighted by atomic mass is 16.5.